The summed E-state index contributed by atoms with van der Waals surface area (Å²) in [7, 11) is 0. The fourth-order valence-electron chi connectivity index (χ4n) is 9.40. The maximum absolute atomic E-state index is 6.99. The van der Waals surface area contributed by atoms with Crippen LogP contribution in [0.3, 0.4) is 0 Å². The Morgan fingerprint density at radius 1 is 0.290 bits per heavy atom. The molecule has 2 nitrogen and oxygen atoms in total. The second kappa shape index (κ2) is 14.8. The van der Waals surface area contributed by atoms with Crippen LogP contribution >= 0.6 is 0 Å². The normalized spacial score (nSPS) is 11.5. The zero-order valence-corrected chi connectivity index (χ0v) is 33.9. The summed E-state index contributed by atoms with van der Waals surface area (Å²) in [5.41, 5.74) is 14.2. The van der Waals surface area contributed by atoms with E-state index in [9.17, 15) is 0 Å². The highest BCUT2D eigenvalue weighted by atomic mass is 16.3. The summed E-state index contributed by atoms with van der Waals surface area (Å²) in [5, 5.41) is 9.50. The first kappa shape index (κ1) is 35.7. The number of rotatable bonds is 7. The van der Waals surface area contributed by atoms with Crippen LogP contribution in [0, 0.1) is 0 Å². The van der Waals surface area contributed by atoms with Crippen molar-refractivity contribution in [3.63, 3.8) is 0 Å². The maximum Gasteiger partial charge on any atom is 0.145 e. The minimum atomic E-state index is 0.862. The molecule has 0 fully saturated rings. The number of fused-ring (bicyclic) bond motifs is 7. The lowest BCUT2D eigenvalue weighted by Crippen LogP contribution is -2.10. The van der Waals surface area contributed by atoms with E-state index in [1.54, 1.807) is 0 Å². The van der Waals surface area contributed by atoms with Crippen molar-refractivity contribution in [1.29, 1.82) is 0 Å². The molecule has 0 spiro atoms. The lowest BCUT2D eigenvalue weighted by atomic mass is 9.92. The van der Waals surface area contributed by atoms with Crippen molar-refractivity contribution in [1.82, 2.24) is 0 Å². The first-order valence-corrected chi connectivity index (χ1v) is 21.2. The average molecular weight is 790 g/mol. The zero-order valence-electron chi connectivity index (χ0n) is 33.9. The van der Waals surface area contributed by atoms with E-state index in [0.717, 1.165) is 61.3 Å². The number of hydrogen-bond acceptors (Lipinski definition) is 2. The van der Waals surface area contributed by atoms with Crippen LogP contribution in [0.1, 0.15) is 0 Å². The lowest BCUT2D eigenvalue weighted by molar-refractivity contribution is 0.670. The third-order valence-electron chi connectivity index (χ3n) is 12.4. The molecule has 0 aliphatic rings. The molecule has 0 bridgehead atoms. The van der Waals surface area contributed by atoms with Crippen LogP contribution in [0.2, 0.25) is 0 Å². The van der Waals surface area contributed by atoms with Gasteiger partial charge in [-0.05, 0) is 126 Å². The average Bonchev–Trinajstić information content (AvgIpc) is 3.75. The van der Waals surface area contributed by atoms with E-state index in [2.05, 4.69) is 241 Å². The Labute approximate surface area is 360 Å². The van der Waals surface area contributed by atoms with Crippen LogP contribution in [-0.4, -0.2) is 0 Å². The fourth-order valence-corrected chi connectivity index (χ4v) is 9.40. The molecule has 0 aliphatic carbocycles. The lowest BCUT2D eigenvalue weighted by Gasteiger charge is -2.27. The van der Waals surface area contributed by atoms with Crippen molar-refractivity contribution in [2.75, 3.05) is 4.90 Å². The minimum absolute atomic E-state index is 0.862. The molecule has 0 N–H and O–H groups in total. The molecule has 0 saturated heterocycles. The predicted octanol–water partition coefficient (Wildman–Crippen LogP) is 17.2. The van der Waals surface area contributed by atoms with Gasteiger partial charge in [0.05, 0.1) is 11.1 Å². The molecule has 0 amide bonds. The van der Waals surface area contributed by atoms with Gasteiger partial charge >= 0.3 is 0 Å². The monoisotopic (exact) mass is 789 g/mol. The number of nitrogens with zero attached hydrogens (tertiary/aromatic N) is 1. The van der Waals surface area contributed by atoms with Crippen LogP contribution in [0.15, 0.2) is 241 Å². The molecule has 62 heavy (non-hydrogen) atoms. The molecule has 0 radical (unpaired) electrons. The number of para-hydroxylation sites is 1. The smallest absolute Gasteiger partial charge is 0.145 e. The van der Waals surface area contributed by atoms with Crippen LogP contribution in [-0.2, 0) is 0 Å². The Hall–Kier alpha value is -8.20. The van der Waals surface area contributed by atoms with Gasteiger partial charge in [0.25, 0.3) is 0 Å². The molecule has 0 atom stereocenters. The van der Waals surface area contributed by atoms with Gasteiger partial charge in [-0.25, -0.2) is 0 Å². The van der Waals surface area contributed by atoms with Gasteiger partial charge in [0, 0.05) is 22.3 Å². The Morgan fingerprint density at radius 3 is 1.63 bits per heavy atom. The summed E-state index contributed by atoms with van der Waals surface area (Å²) in [4.78, 5) is 2.40. The first-order chi connectivity index (χ1) is 30.7. The summed E-state index contributed by atoms with van der Waals surface area (Å²) in [5.74, 6) is 0. The predicted molar refractivity (Wildman–Crippen MR) is 263 cm³/mol. The third kappa shape index (κ3) is 6.12. The molecule has 0 aliphatic heterocycles. The summed E-state index contributed by atoms with van der Waals surface area (Å²) < 4.78 is 6.99. The summed E-state index contributed by atoms with van der Waals surface area (Å²) >= 11 is 0. The van der Waals surface area contributed by atoms with E-state index < -0.39 is 0 Å². The van der Waals surface area contributed by atoms with Gasteiger partial charge in [0.1, 0.15) is 11.2 Å². The van der Waals surface area contributed by atoms with Crippen molar-refractivity contribution >= 4 is 71.3 Å². The molecule has 2 heteroatoms. The van der Waals surface area contributed by atoms with Crippen molar-refractivity contribution in [3.05, 3.63) is 237 Å². The number of hydrogen-bond donors (Lipinski definition) is 0. The highest BCUT2D eigenvalue weighted by Crippen LogP contribution is 2.48. The quantitative estimate of drug-likeness (QED) is 0.150. The molecule has 0 saturated carbocycles. The SMILES string of the molecule is c1ccc(-c2ccc(-c3ccc(N(c4cccc(-c5ccc6ccccc6c5)c4)c4ccc(-c5cc6ccccc6c6ccccc56)c5oc6ccccc6c45)cc3)cc2)cc1. The topological polar surface area (TPSA) is 16.4 Å². The van der Waals surface area contributed by atoms with Crippen molar-refractivity contribution in [2.45, 2.75) is 0 Å². The highest BCUT2D eigenvalue weighted by molar-refractivity contribution is 6.21. The second-order valence-corrected chi connectivity index (χ2v) is 16.1. The van der Waals surface area contributed by atoms with Crippen LogP contribution in [0.5, 0.6) is 0 Å². The van der Waals surface area contributed by atoms with E-state index in [-0.39, 0.29) is 0 Å². The van der Waals surface area contributed by atoms with Gasteiger partial charge in [-0.3, -0.25) is 0 Å². The van der Waals surface area contributed by atoms with Crippen molar-refractivity contribution in [3.8, 4) is 44.5 Å². The Morgan fingerprint density at radius 2 is 0.855 bits per heavy atom. The third-order valence-corrected chi connectivity index (χ3v) is 12.4. The Kier molecular flexibility index (Phi) is 8.53. The molecule has 1 aromatic heterocycles. The first-order valence-electron chi connectivity index (χ1n) is 21.2. The summed E-state index contributed by atoms with van der Waals surface area (Å²) in [6, 6.07) is 85.4. The molecule has 12 rings (SSSR count). The van der Waals surface area contributed by atoms with Crippen LogP contribution in [0.4, 0.5) is 17.1 Å². The standard InChI is InChI=1S/C60H39NO/c1-2-13-40(14-3-1)42-25-27-43(28-26-42)44-31-33-49(34-32-44)61(50-19-12-18-46(38-50)47-30-29-41-15-4-5-16-45(41)37-47)57-36-35-54(60-59(57)55-23-10-11-24-58(55)62-60)56-39-48-17-6-7-20-51(48)52-21-8-9-22-53(52)56/h1-39H. The Balaban J connectivity index is 1.06. The van der Waals surface area contributed by atoms with Gasteiger partial charge < -0.3 is 9.32 Å². The van der Waals surface area contributed by atoms with Gasteiger partial charge in [0.15, 0.2) is 0 Å². The van der Waals surface area contributed by atoms with Crippen molar-refractivity contribution in [2.24, 2.45) is 0 Å². The molecule has 1 heterocycles. The second-order valence-electron chi connectivity index (χ2n) is 16.1. The molecule has 11 aromatic carbocycles. The van der Waals surface area contributed by atoms with Crippen molar-refractivity contribution < 1.29 is 4.42 Å². The van der Waals surface area contributed by atoms with Crippen LogP contribution < -0.4 is 4.90 Å². The van der Waals surface area contributed by atoms with Gasteiger partial charge in [-0.15, -0.1) is 0 Å². The van der Waals surface area contributed by atoms with Crippen LogP contribution in [0.25, 0.3) is 98.8 Å². The fraction of sp³-hybridized carbons (Fsp3) is 0. The van der Waals surface area contributed by atoms with E-state index in [1.807, 2.05) is 0 Å². The van der Waals surface area contributed by atoms with E-state index >= 15 is 0 Å². The van der Waals surface area contributed by atoms with Gasteiger partial charge in [0.2, 0.25) is 0 Å². The largest absolute Gasteiger partial charge is 0.455 e. The molecule has 290 valence electrons. The van der Waals surface area contributed by atoms with E-state index in [4.69, 9.17) is 4.42 Å². The number of anilines is 3. The Bertz CT molecular complexity index is 3620. The molecule has 0 unspecified atom stereocenters. The van der Waals surface area contributed by atoms with E-state index in [0.29, 0.717) is 0 Å². The van der Waals surface area contributed by atoms with Gasteiger partial charge in [-0.1, -0.05) is 182 Å². The molecular weight excluding hydrogens is 751 g/mol. The van der Waals surface area contributed by atoms with Gasteiger partial charge in [-0.2, -0.15) is 0 Å². The minimum Gasteiger partial charge on any atom is -0.455 e. The number of benzene rings is 11. The van der Waals surface area contributed by atoms with E-state index in [1.165, 1.54) is 54.6 Å². The molecular formula is C60H39NO. The maximum atomic E-state index is 6.99. The zero-order chi connectivity index (χ0) is 41.0. The highest BCUT2D eigenvalue weighted by Gasteiger charge is 2.24. The molecule has 12 aromatic rings. The number of furan rings is 1. The summed E-state index contributed by atoms with van der Waals surface area (Å²) in [6.07, 6.45) is 0. The summed E-state index contributed by atoms with van der Waals surface area (Å²) in [6.45, 7) is 0.